The maximum absolute atomic E-state index is 13.7. The summed E-state index contributed by atoms with van der Waals surface area (Å²) in [6.45, 7) is 14.1. The van der Waals surface area contributed by atoms with Crippen LogP contribution >= 0.6 is 58.0 Å². The van der Waals surface area contributed by atoms with Crippen molar-refractivity contribution in [2.75, 3.05) is 19.6 Å². The van der Waals surface area contributed by atoms with Crippen molar-refractivity contribution in [1.29, 1.82) is 0 Å². The molecule has 1 amide bonds. The van der Waals surface area contributed by atoms with E-state index in [0.29, 0.717) is 50.0 Å². The summed E-state index contributed by atoms with van der Waals surface area (Å²) >= 11 is 31.3. The standard InChI is InChI=1S/C31H28Cl2FN3O.C23H18Cl3FN2O.C8H11N.C6H15N.3CH4/c1-20(22-8-4-2-5-9-22)35-31(38)29-26-11-7-3-6-10-23(18-21-12-15-25(34)16-13-21)30(26)37(36-29)28-17-14-24(32)19-27(28)33;24-16-8-11-20(19(25)13-16)29-22-15(12-14-6-9-17(27)10-7-14)4-2-1-3-5-18(22)21(28-29)23(26)30;1-7(9)8-5-3-2-4-6-8;1-4-7(5-2)6-3;;;/h2,4-5,8-9,12-20H,3,6-7,10-11H2,1H3,(H,35,38);6-13H,1-5H2;2-7H,9H2,1H3;4-6H2,1-3H3;3*1H4/b23-18+;15-12+;;;;;/t20-;;7-;;;;/m0.0..../s1. The summed E-state index contributed by atoms with van der Waals surface area (Å²) in [5.41, 5.74) is 16.9. The fraction of sp³-hybridized carbons (Fsp3) is 0.324. The molecule has 2 aliphatic rings. The van der Waals surface area contributed by atoms with Gasteiger partial charge >= 0.3 is 0 Å². The van der Waals surface area contributed by atoms with Crippen molar-refractivity contribution < 1.29 is 18.4 Å². The lowest BCUT2D eigenvalue weighted by Crippen LogP contribution is -2.28. The fourth-order valence-corrected chi connectivity index (χ4v) is 11.3. The van der Waals surface area contributed by atoms with Crippen molar-refractivity contribution in [3.63, 3.8) is 0 Å². The van der Waals surface area contributed by atoms with E-state index in [2.05, 4.69) is 42.2 Å². The van der Waals surface area contributed by atoms with E-state index in [1.165, 1.54) is 49.5 Å². The maximum atomic E-state index is 13.7. The number of hydrogen-bond acceptors (Lipinski definition) is 6. The average molecular weight is 1280 g/mol. The number of aromatic nitrogens is 4. The monoisotopic (exact) mass is 1280 g/mol. The second-order valence-corrected chi connectivity index (χ2v) is 22.7. The van der Waals surface area contributed by atoms with Crippen LogP contribution in [0.2, 0.25) is 20.1 Å². The Kier molecular flexibility index (Phi) is 30.4. The molecule has 464 valence electrons. The minimum Gasteiger partial charge on any atom is -0.344 e. The van der Waals surface area contributed by atoms with Crippen molar-refractivity contribution in [2.45, 2.75) is 133 Å². The van der Waals surface area contributed by atoms with E-state index >= 15 is 0 Å². The number of amides is 1. The summed E-state index contributed by atoms with van der Waals surface area (Å²) in [6, 6.07) is 43.0. The zero-order chi connectivity index (χ0) is 60.3. The summed E-state index contributed by atoms with van der Waals surface area (Å²) < 4.78 is 30.4. The summed E-state index contributed by atoms with van der Waals surface area (Å²) in [6.07, 6.45) is 13.0. The van der Waals surface area contributed by atoms with Gasteiger partial charge in [0, 0.05) is 27.2 Å². The van der Waals surface area contributed by atoms with Gasteiger partial charge in [-0.25, -0.2) is 18.1 Å². The molecule has 87 heavy (non-hydrogen) atoms. The van der Waals surface area contributed by atoms with Crippen molar-refractivity contribution >= 4 is 92.5 Å². The van der Waals surface area contributed by atoms with Crippen LogP contribution in [0.3, 0.4) is 0 Å². The van der Waals surface area contributed by atoms with Crippen LogP contribution in [0.15, 0.2) is 146 Å². The Morgan fingerprint density at radius 2 is 0.954 bits per heavy atom. The Morgan fingerprint density at radius 3 is 1.32 bits per heavy atom. The maximum Gasteiger partial charge on any atom is 0.273 e. The molecule has 3 N–H and O–H groups in total. The quantitative estimate of drug-likeness (QED) is 0.118. The van der Waals surface area contributed by atoms with E-state index < -0.39 is 5.24 Å². The summed E-state index contributed by atoms with van der Waals surface area (Å²) in [7, 11) is 0. The molecule has 2 heterocycles. The predicted molar refractivity (Wildman–Crippen MR) is 365 cm³/mol. The van der Waals surface area contributed by atoms with Crippen molar-refractivity contribution in [3.05, 3.63) is 233 Å². The van der Waals surface area contributed by atoms with E-state index in [1.807, 2.05) is 86.7 Å². The van der Waals surface area contributed by atoms with Gasteiger partial charge in [-0.15, -0.1) is 0 Å². The third-order valence-corrected chi connectivity index (χ3v) is 16.0. The number of nitrogens with zero attached hydrogens (tertiary/aromatic N) is 5. The smallest absolute Gasteiger partial charge is 0.273 e. The van der Waals surface area contributed by atoms with E-state index in [9.17, 15) is 18.4 Å². The van der Waals surface area contributed by atoms with Crippen molar-refractivity contribution in [2.24, 2.45) is 5.73 Å². The third kappa shape index (κ3) is 20.3. The lowest BCUT2D eigenvalue weighted by Gasteiger charge is -2.18. The number of nitrogens with two attached hydrogens (primary N) is 1. The number of carbonyl (C=O) groups excluding carboxylic acids is 2. The molecule has 0 spiro atoms. The van der Waals surface area contributed by atoms with Crippen LogP contribution in [-0.4, -0.2) is 55.2 Å². The van der Waals surface area contributed by atoms with Crippen LogP contribution in [0.25, 0.3) is 34.7 Å². The van der Waals surface area contributed by atoms with Crippen LogP contribution in [0, 0.1) is 11.6 Å². The van der Waals surface area contributed by atoms with Gasteiger partial charge in [-0.05, 0) is 203 Å². The molecule has 6 aromatic carbocycles. The second-order valence-electron chi connectivity index (χ2n) is 20.6. The Morgan fingerprint density at radius 1 is 0.563 bits per heavy atom. The molecular formula is C71H84Cl5F2N7O2. The van der Waals surface area contributed by atoms with E-state index in [0.717, 1.165) is 102 Å². The highest BCUT2D eigenvalue weighted by Gasteiger charge is 2.30. The fourth-order valence-electron chi connectivity index (χ4n) is 10.2. The van der Waals surface area contributed by atoms with Gasteiger partial charge in [0.2, 0.25) is 0 Å². The van der Waals surface area contributed by atoms with Crippen LogP contribution < -0.4 is 11.1 Å². The molecule has 0 saturated heterocycles. The van der Waals surface area contributed by atoms with Crippen LogP contribution in [0.4, 0.5) is 8.78 Å². The first-order valence-corrected chi connectivity index (χ1v) is 30.5. The molecule has 0 bridgehead atoms. The lowest BCUT2D eigenvalue weighted by atomic mass is 9.91. The van der Waals surface area contributed by atoms with Gasteiger partial charge in [-0.3, -0.25) is 9.59 Å². The first-order valence-electron chi connectivity index (χ1n) is 28.7. The molecular weight excluding hydrogens is 1200 g/mol. The van der Waals surface area contributed by atoms with Gasteiger partial charge in [0.05, 0.1) is 38.8 Å². The second kappa shape index (κ2) is 36.2. The first kappa shape index (κ1) is 73.1. The minimum atomic E-state index is -0.600. The number of fused-ring (bicyclic) bond motifs is 2. The van der Waals surface area contributed by atoms with Crippen molar-refractivity contribution in [3.8, 4) is 11.4 Å². The molecule has 0 fully saturated rings. The molecule has 2 aromatic heterocycles. The number of halogens is 7. The topological polar surface area (TPSA) is 111 Å². The molecule has 16 heteroatoms. The number of rotatable bonds is 12. The lowest BCUT2D eigenvalue weighted by molar-refractivity contribution is 0.0933. The normalized spacial score (nSPS) is 14.3. The van der Waals surface area contributed by atoms with E-state index in [1.54, 1.807) is 64.0 Å². The molecule has 2 atom stereocenters. The number of carbonyl (C=O) groups is 2. The zero-order valence-electron chi connectivity index (χ0n) is 48.1. The highest BCUT2D eigenvalue weighted by atomic mass is 35.5. The summed E-state index contributed by atoms with van der Waals surface area (Å²) in [4.78, 5) is 28.2. The van der Waals surface area contributed by atoms with Crippen LogP contribution in [0.5, 0.6) is 0 Å². The van der Waals surface area contributed by atoms with E-state index in [-0.39, 0.29) is 57.6 Å². The molecule has 8 aromatic rings. The SMILES string of the molecule is C.C.C.CCN(CC)CC.C[C@H](N)c1ccccc1.C[C@H](NC(=O)c1nn(-c2ccc(Cl)cc2Cl)c2c1CCCCC/C2=C\c1ccc(F)cc1)c1ccccc1.O=C(Cl)c1nn(-c2ccc(Cl)cc2Cl)c2c1CCCCC/C2=C\c1ccc(F)cc1. The first-order chi connectivity index (χ1) is 40.5. The molecule has 10 rings (SSSR count). The molecule has 0 saturated carbocycles. The molecule has 9 nitrogen and oxygen atoms in total. The highest BCUT2D eigenvalue weighted by molar-refractivity contribution is 6.67. The number of benzene rings is 6. The number of hydrogen-bond donors (Lipinski definition) is 2. The summed E-state index contributed by atoms with van der Waals surface area (Å²) in [5.74, 6) is -0.804. The molecule has 2 aliphatic carbocycles. The van der Waals surface area contributed by atoms with Gasteiger partial charge in [0.1, 0.15) is 17.3 Å². The van der Waals surface area contributed by atoms with E-state index in [4.69, 9.17) is 68.8 Å². The molecule has 0 radical (unpaired) electrons. The van der Waals surface area contributed by atoms with Crippen LogP contribution in [0.1, 0.15) is 186 Å². The van der Waals surface area contributed by atoms with Gasteiger partial charge < -0.3 is 16.0 Å². The van der Waals surface area contributed by atoms with Gasteiger partial charge in [0.25, 0.3) is 11.1 Å². The zero-order valence-corrected chi connectivity index (χ0v) is 51.9. The van der Waals surface area contributed by atoms with Gasteiger partial charge in [-0.1, -0.05) is 187 Å². The Hall–Kier alpha value is -6.41. The molecule has 0 unspecified atom stereocenters. The summed E-state index contributed by atoms with van der Waals surface area (Å²) in [5, 5.41) is 13.8. The Labute approximate surface area is 540 Å². The van der Waals surface area contributed by atoms with Gasteiger partial charge in [-0.2, -0.15) is 10.2 Å². The van der Waals surface area contributed by atoms with Crippen LogP contribution in [-0.2, 0) is 12.8 Å². The highest BCUT2D eigenvalue weighted by Crippen LogP contribution is 2.39. The average Bonchev–Trinajstić information content (AvgIpc) is 1.73. The minimum absolute atomic E-state index is 0. The number of nitrogens with one attached hydrogen (secondary N) is 1. The molecule has 0 aliphatic heterocycles. The van der Waals surface area contributed by atoms with Gasteiger partial charge in [0.15, 0.2) is 5.69 Å². The Bertz CT molecular complexity index is 3500. The van der Waals surface area contributed by atoms with Crippen molar-refractivity contribution in [1.82, 2.24) is 29.8 Å². The third-order valence-electron chi connectivity index (χ3n) is 14.7. The number of allylic oxidation sites excluding steroid dienone is 2. The predicted octanol–water partition coefficient (Wildman–Crippen LogP) is 20.8. The largest absolute Gasteiger partial charge is 0.344 e. The Balaban J connectivity index is 0.000000293.